The molecular formula is C25H32O2. The largest absolute Gasteiger partial charge is 0.489 e. The van der Waals surface area contributed by atoms with E-state index in [0.29, 0.717) is 6.61 Å². The number of ether oxygens (including phenoxy) is 1. The summed E-state index contributed by atoms with van der Waals surface area (Å²) in [7, 11) is 0. The van der Waals surface area contributed by atoms with Crippen LogP contribution in [-0.2, 0) is 22.9 Å². The lowest BCUT2D eigenvalue weighted by molar-refractivity contribution is 0.244. The van der Waals surface area contributed by atoms with Crippen LogP contribution in [0.4, 0.5) is 0 Å². The van der Waals surface area contributed by atoms with Crippen molar-refractivity contribution in [3.8, 4) is 5.75 Å². The first-order valence-electron chi connectivity index (χ1n) is 10.2. The normalized spacial score (nSPS) is 21.4. The molecule has 2 nitrogen and oxygen atoms in total. The highest BCUT2D eigenvalue weighted by Gasteiger charge is 2.47. The Labute approximate surface area is 163 Å². The second-order valence-electron chi connectivity index (χ2n) is 9.87. The number of hydrogen-bond acceptors (Lipinski definition) is 2. The highest BCUT2D eigenvalue weighted by molar-refractivity contribution is 5.54. The molecule has 2 heteroatoms. The van der Waals surface area contributed by atoms with E-state index >= 15 is 0 Å². The first-order valence-corrected chi connectivity index (χ1v) is 10.2. The van der Waals surface area contributed by atoms with Gasteiger partial charge in [-0.1, -0.05) is 64.1 Å². The molecule has 0 radical (unpaired) electrons. The third-order valence-corrected chi connectivity index (χ3v) is 6.92. The first-order chi connectivity index (χ1) is 12.8. The van der Waals surface area contributed by atoms with Crippen molar-refractivity contribution in [3.63, 3.8) is 0 Å². The zero-order valence-corrected chi connectivity index (χ0v) is 17.1. The van der Waals surface area contributed by atoms with Crippen molar-refractivity contribution >= 4 is 0 Å². The van der Waals surface area contributed by atoms with Gasteiger partial charge in [0.15, 0.2) is 0 Å². The Bertz CT molecular complexity index is 829. The predicted molar refractivity (Wildman–Crippen MR) is 110 cm³/mol. The molecule has 0 unspecified atom stereocenters. The molecule has 0 spiro atoms. The Balaban J connectivity index is 1.79. The fraction of sp³-hybridized carbons (Fsp3) is 0.520. The van der Waals surface area contributed by atoms with Gasteiger partial charge in [-0.15, -0.1) is 0 Å². The molecule has 0 bridgehead atoms. The van der Waals surface area contributed by atoms with Crippen LogP contribution in [0, 0.1) is 0 Å². The minimum atomic E-state index is -0.0985. The van der Waals surface area contributed by atoms with E-state index in [2.05, 4.69) is 52.0 Å². The lowest BCUT2D eigenvalue weighted by Gasteiger charge is -2.42. The zero-order valence-electron chi connectivity index (χ0n) is 17.1. The maximum absolute atomic E-state index is 10.1. The molecule has 27 heavy (non-hydrogen) atoms. The average molecular weight is 365 g/mol. The molecule has 2 aliphatic rings. The molecule has 2 aromatic carbocycles. The number of aliphatic hydroxyl groups excluding tert-OH is 1. The molecule has 2 aromatic rings. The molecule has 0 saturated heterocycles. The highest BCUT2D eigenvalue weighted by Crippen LogP contribution is 2.55. The van der Waals surface area contributed by atoms with Crippen molar-refractivity contribution in [1.29, 1.82) is 0 Å². The standard InChI is InChI=1S/C25H32O2/c1-23(2)10-11-24(3,4)20-15-22(27-16-18-8-6-5-7-9-18)21(14-19(20)23)25(17-26)12-13-25/h5-9,14-15,26H,10-13,16-17H2,1-4H3. The van der Waals surface area contributed by atoms with Crippen LogP contribution in [0.2, 0.25) is 0 Å². The summed E-state index contributed by atoms with van der Waals surface area (Å²) >= 11 is 0. The quantitative estimate of drug-likeness (QED) is 0.744. The maximum Gasteiger partial charge on any atom is 0.123 e. The first kappa shape index (κ1) is 18.6. The van der Waals surface area contributed by atoms with Crippen molar-refractivity contribution in [1.82, 2.24) is 0 Å². The monoisotopic (exact) mass is 364 g/mol. The zero-order chi connectivity index (χ0) is 19.3. The van der Waals surface area contributed by atoms with E-state index in [-0.39, 0.29) is 22.9 Å². The summed E-state index contributed by atoms with van der Waals surface area (Å²) in [5.41, 5.74) is 5.48. The van der Waals surface area contributed by atoms with E-state index in [0.717, 1.165) is 18.6 Å². The fourth-order valence-corrected chi connectivity index (χ4v) is 4.53. The third kappa shape index (κ3) is 3.29. The van der Waals surface area contributed by atoms with Crippen LogP contribution in [0.25, 0.3) is 0 Å². The number of benzene rings is 2. The van der Waals surface area contributed by atoms with Gasteiger partial charge < -0.3 is 9.84 Å². The summed E-state index contributed by atoms with van der Waals surface area (Å²) < 4.78 is 6.37. The summed E-state index contributed by atoms with van der Waals surface area (Å²) in [6, 6.07) is 15.0. The van der Waals surface area contributed by atoms with Crippen molar-refractivity contribution in [2.45, 2.75) is 76.2 Å². The van der Waals surface area contributed by atoms with Gasteiger partial charge in [0.1, 0.15) is 12.4 Å². The van der Waals surface area contributed by atoms with Gasteiger partial charge >= 0.3 is 0 Å². The summed E-state index contributed by atoms with van der Waals surface area (Å²) in [5.74, 6) is 0.968. The third-order valence-electron chi connectivity index (χ3n) is 6.92. The van der Waals surface area contributed by atoms with E-state index in [1.54, 1.807) is 0 Å². The Morgan fingerprint density at radius 3 is 1.96 bits per heavy atom. The Morgan fingerprint density at radius 1 is 0.815 bits per heavy atom. The van der Waals surface area contributed by atoms with E-state index in [1.165, 1.54) is 35.1 Å². The number of aliphatic hydroxyl groups is 1. The van der Waals surface area contributed by atoms with Crippen LogP contribution in [0.3, 0.4) is 0 Å². The van der Waals surface area contributed by atoms with Crippen LogP contribution >= 0.6 is 0 Å². The average Bonchev–Trinajstić information content (AvgIpc) is 3.45. The van der Waals surface area contributed by atoms with Crippen LogP contribution < -0.4 is 4.74 Å². The molecule has 0 heterocycles. The smallest absolute Gasteiger partial charge is 0.123 e. The van der Waals surface area contributed by atoms with Crippen molar-refractivity contribution in [2.75, 3.05) is 6.61 Å². The molecular weight excluding hydrogens is 332 g/mol. The Kier molecular flexibility index (Phi) is 4.38. The Hall–Kier alpha value is -1.80. The van der Waals surface area contributed by atoms with Crippen LogP contribution in [0.15, 0.2) is 42.5 Å². The summed E-state index contributed by atoms with van der Waals surface area (Å²) in [6.45, 7) is 10.2. The van der Waals surface area contributed by atoms with Gasteiger partial charge in [0.2, 0.25) is 0 Å². The van der Waals surface area contributed by atoms with Crippen molar-refractivity contribution in [2.24, 2.45) is 0 Å². The van der Waals surface area contributed by atoms with Crippen LogP contribution in [0.1, 0.15) is 75.6 Å². The van der Waals surface area contributed by atoms with Gasteiger partial charge in [0.05, 0.1) is 6.61 Å². The molecule has 4 rings (SSSR count). The lowest BCUT2D eigenvalue weighted by Crippen LogP contribution is -2.34. The number of fused-ring (bicyclic) bond motifs is 1. The molecule has 144 valence electrons. The summed E-state index contributed by atoms with van der Waals surface area (Å²) in [4.78, 5) is 0. The van der Waals surface area contributed by atoms with E-state index in [1.807, 2.05) is 18.2 Å². The Morgan fingerprint density at radius 2 is 1.41 bits per heavy atom. The molecule has 1 saturated carbocycles. The van der Waals surface area contributed by atoms with Gasteiger partial charge in [-0.2, -0.15) is 0 Å². The summed E-state index contributed by atoms with van der Waals surface area (Å²) in [6.07, 6.45) is 4.49. The van der Waals surface area contributed by atoms with Gasteiger partial charge in [-0.3, -0.25) is 0 Å². The van der Waals surface area contributed by atoms with Crippen LogP contribution in [0.5, 0.6) is 5.75 Å². The predicted octanol–water partition coefficient (Wildman–Crippen LogP) is 5.64. The maximum atomic E-state index is 10.1. The van der Waals surface area contributed by atoms with Crippen molar-refractivity contribution < 1.29 is 9.84 Å². The number of rotatable bonds is 5. The SMILES string of the molecule is CC1(C)CCC(C)(C)c2cc(C3(CO)CC3)c(OCc3ccccc3)cc21. The molecule has 1 fully saturated rings. The molecule has 0 amide bonds. The fourth-order valence-electron chi connectivity index (χ4n) is 4.53. The summed E-state index contributed by atoms with van der Waals surface area (Å²) in [5, 5.41) is 10.1. The number of hydrogen-bond donors (Lipinski definition) is 1. The molecule has 0 aliphatic heterocycles. The van der Waals surface area contributed by atoms with E-state index in [9.17, 15) is 5.11 Å². The van der Waals surface area contributed by atoms with Gasteiger partial charge in [0, 0.05) is 11.0 Å². The van der Waals surface area contributed by atoms with Gasteiger partial charge in [-0.25, -0.2) is 0 Å². The minimum absolute atomic E-state index is 0.0985. The molecule has 2 aliphatic carbocycles. The highest BCUT2D eigenvalue weighted by atomic mass is 16.5. The molecule has 1 N–H and O–H groups in total. The van der Waals surface area contributed by atoms with E-state index < -0.39 is 0 Å². The lowest BCUT2D eigenvalue weighted by atomic mass is 9.62. The topological polar surface area (TPSA) is 29.5 Å². The second kappa shape index (κ2) is 6.38. The molecule has 0 atom stereocenters. The minimum Gasteiger partial charge on any atom is -0.489 e. The molecule has 0 aromatic heterocycles. The van der Waals surface area contributed by atoms with Crippen molar-refractivity contribution in [3.05, 3.63) is 64.7 Å². The van der Waals surface area contributed by atoms with Gasteiger partial charge in [0.25, 0.3) is 0 Å². The van der Waals surface area contributed by atoms with E-state index in [4.69, 9.17) is 4.74 Å². The van der Waals surface area contributed by atoms with Crippen LogP contribution in [-0.4, -0.2) is 11.7 Å². The van der Waals surface area contributed by atoms with Gasteiger partial charge in [-0.05, 0) is 59.3 Å². The second-order valence-corrected chi connectivity index (χ2v) is 9.87.